The minimum Gasteiger partial charge on any atom is -0.497 e. The van der Waals surface area contributed by atoms with Gasteiger partial charge in [-0.05, 0) is 116 Å². The third-order valence-corrected chi connectivity index (χ3v) is 7.84. The Morgan fingerprint density at radius 2 is 1.54 bits per heavy atom. The van der Waals surface area contributed by atoms with E-state index >= 15 is 0 Å². The zero-order valence-corrected chi connectivity index (χ0v) is 24.0. The number of thiocarbonyl (C=S) groups is 1. The highest BCUT2D eigenvalue weighted by Crippen LogP contribution is 2.43. The molecule has 1 aliphatic heterocycles. The monoisotopic (exact) mass is 561 g/mol. The first-order chi connectivity index (χ1) is 20.0. The van der Waals surface area contributed by atoms with Crippen molar-refractivity contribution in [3.8, 4) is 17.2 Å². The normalized spacial score (nSPS) is 16.5. The number of rotatable bonds is 8. The van der Waals surface area contributed by atoms with Crippen LogP contribution in [0.15, 0.2) is 104 Å². The molecule has 0 bridgehead atoms. The summed E-state index contributed by atoms with van der Waals surface area (Å²) in [5.41, 5.74) is 6.72. The van der Waals surface area contributed by atoms with Gasteiger partial charge in [0.15, 0.2) is 5.11 Å². The molecule has 2 aromatic carbocycles. The van der Waals surface area contributed by atoms with Gasteiger partial charge in [-0.1, -0.05) is 6.07 Å². The molecule has 1 fully saturated rings. The van der Waals surface area contributed by atoms with Crippen molar-refractivity contribution in [2.45, 2.75) is 32.5 Å². The summed E-state index contributed by atoms with van der Waals surface area (Å²) in [6, 6.07) is 27.8. The second-order valence-corrected chi connectivity index (χ2v) is 10.4. The molecular weight excluding hydrogens is 530 g/mol. The van der Waals surface area contributed by atoms with Crippen molar-refractivity contribution in [3.63, 3.8) is 0 Å². The standard InChI is InChI=1S/C33H31N5O2S/c1-22-20-29(23(2)37(22)21-24-15-18-34-19-16-24)32-31(30-6-4-5-17-35-30)36-33(41)38(32)25-7-9-27(10-8-25)40-28-13-11-26(39-3)12-14-28/h4-20,31-32H,21H2,1-3H3,(H,36,41)/t31-,32-/m1/s1. The quantitative estimate of drug-likeness (QED) is 0.206. The van der Waals surface area contributed by atoms with E-state index in [0.29, 0.717) is 5.11 Å². The summed E-state index contributed by atoms with van der Waals surface area (Å²) >= 11 is 5.96. The number of aromatic nitrogens is 3. The topological polar surface area (TPSA) is 64.4 Å². The largest absolute Gasteiger partial charge is 0.497 e. The smallest absolute Gasteiger partial charge is 0.174 e. The average molecular weight is 562 g/mol. The van der Waals surface area contributed by atoms with Crippen LogP contribution in [0.5, 0.6) is 17.2 Å². The van der Waals surface area contributed by atoms with Crippen LogP contribution in [0.25, 0.3) is 0 Å². The molecule has 206 valence electrons. The first-order valence-electron chi connectivity index (χ1n) is 13.5. The second kappa shape index (κ2) is 11.4. The van der Waals surface area contributed by atoms with Crippen molar-refractivity contribution >= 4 is 23.0 Å². The molecule has 7 nitrogen and oxygen atoms in total. The van der Waals surface area contributed by atoms with E-state index in [1.807, 2.05) is 67.1 Å². The highest BCUT2D eigenvalue weighted by molar-refractivity contribution is 7.80. The Kier molecular flexibility index (Phi) is 7.39. The number of nitrogens with zero attached hydrogens (tertiary/aromatic N) is 4. The van der Waals surface area contributed by atoms with Crippen molar-refractivity contribution < 1.29 is 9.47 Å². The number of benzene rings is 2. The molecule has 5 aromatic rings. The zero-order chi connectivity index (χ0) is 28.3. The predicted molar refractivity (Wildman–Crippen MR) is 165 cm³/mol. The van der Waals surface area contributed by atoms with E-state index in [2.05, 4.69) is 70.0 Å². The number of hydrogen-bond donors (Lipinski definition) is 1. The summed E-state index contributed by atoms with van der Waals surface area (Å²) in [6.07, 6.45) is 5.51. The highest BCUT2D eigenvalue weighted by Gasteiger charge is 2.42. The van der Waals surface area contributed by atoms with Gasteiger partial charge in [-0.25, -0.2) is 0 Å². The van der Waals surface area contributed by atoms with Crippen molar-refractivity contribution in [3.05, 3.63) is 132 Å². The Labute approximate surface area is 245 Å². The Morgan fingerprint density at radius 3 is 2.20 bits per heavy atom. The van der Waals surface area contributed by atoms with E-state index in [1.165, 1.54) is 22.5 Å². The zero-order valence-electron chi connectivity index (χ0n) is 23.2. The Balaban J connectivity index is 1.35. The average Bonchev–Trinajstić information content (AvgIpc) is 3.49. The number of aryl methyl sites for hydroxylation is 1. The molecule has 0 unspecified atom stereocenters. The van der Waals surface area contributed by atoms with Gasteiger partial charge in [0, 0.05) is 42.2 Å². The fraction of sp³-hybridized carbons (Fsp3) is 0.182. The SMILES string of the molecule is COc1ccc(Oc2ccc(N3C(=S)N[C@H](c4ccccn4)[C@H]3c3cc(C)n(Cc4ccncc4)c3C)cc2)cc1. The summed E-state index contributed by atoms with van der Waals surface area (Å²) in [6.45, 7) is 5.12. The summed E-state index contributed by atoms with van der Waals surface area (Å²) < 4.78 is 13.7. The summed E-state index contributed by atoms with van der Waals surface area (Å²) in [5.74, 6) is 2.27. The highest BCUT2D eigenvalue weighted by atomic mass is 32.1. The maximum atomic E-state index is 6.08. The molecule has 0 radical (unpaired) electrons. The lowest BCUT2D eigenvalue weighted by Gasteiger charge is -2.28. The van der Waals surface area contributed by atoms with E-state index in [1.54, 1.807) is 7.11 Å². The van der Waals surface area contributed by atoms with Gasteiger partial charge in [0.05, 0.1) is 24.9 Å². The molecule has 1 aliphatic rings. The summed E-state index contributed by atoms with van der Waals surface area (Å²) in [4.78, 5) is 11.1. The summed E-state index contributed by atoms with van der Waals surface area (Å²) in [7, 11) is 1.65. The van der Waals surface area contributed by atoms with Gasteiger partial charge in [0.2, 0.25) is 0 Å². The van der Waals surface area contributed by atoms with Crippen LogP contribution < -0.4 is 19.7 Å². The molecule has 0 saturated carbocycles. The molecular formula is C33H31N5O2S. The lowest BCUT2D eigenvalue weighted by molar-refractivity contribution is 0.413. The number of ether oxygens (including phenoxy) is 2. The molecule has 0 aliphatic carbocycles. The minimum atomic E-state index is -0.117. The Bertz CT molecular complexity index is 1640. The molecule has 2 atom stereocenters. The van der Waals surface area contributed by atoms with E-state index in [-0.39, 0.29) is 12.1 Å². The molecule has 1 saturated heterocycles. The maximum absolute atomic E-state index is 6.08. The number of nitrogens with one attached hydrogen (secondary N) is 1. The number of methoxy groups -OCH3 is 1. The van der Waals surface area contributed by atoms with E-state index in [9.17, 15) is 0 Å². The third kappa shape index (κ3) is 5.38. The lowest BCUT2D eigenvalue weighted by Crippen LogP contribution is -2.29. The Morgan fingerprint density at radius 1 is 0.854 bits per heavy atom. The van der Waals surface area contributed by atoms with E-state index in [4.69, 9.17) is 26.7 Å². The number of pyridine rings is 2. The summed E-state index contributed by atoms with van der Waals surface area (Å²) in [5, 5.41) is 4.23. The molecule has 0 spiro atoms. The van der Waals surface area contributed by atoms with Crippen LogP contribution >= 0.6 is 12.2 Å². The van der Waals surface area contributed by atoms with Crippen LogP contribution in [0.2, 0.25) is 0 Å². The van der Waals surface area contributed by atoms with Crippen molar-refractivity contribution in [2.75, 3.05) is 12.0 Å². The molecule has 6 rings (SSSR count). The minimum absolute atomic E-state index is 0.0943. The predicted octanol–water partition coefficient (Wildman–Crippen LogP) is 6.92. The van der Waals surface area contributed by atoms with Crippen LogP contribution in [0.3, 0.4) is 0 Å². The van der Waals surface area contributed by atoms with Gasteiger partial charge in [-0.15, -0.1) is 0 Å². The van der Waals surface area contributed by atoms with Crippen LogP contribution in [0.1, 0.15) is 40.3 Å². The van der Waals surface area contributed by atoms with Crippen molar-refractivity contribution in [2.24, 2.45) is 0 Å². The van der Waals surface area contributed by atoms with Gasteiger partial charge < -0.3 is 24.3 Å². The lowest BCUT2D eigenvalue weighted by atomic mass is 9.96. The van der Waals surface area contributed by atoms with Gasteiger partial charge in [0.25, 0.3) is 0 Å². The fourth-order valence-corrected chi connectivity index (χ4v) is 5.79. The van der Waals surface area contributed by atoms with E-state index in [0.717, 1.165) is 35.2 Å². The number of anilines is 1. The van der Waals surface area contributed by atoms with Crippen LogP contribution in [0.4, 0.5) is 5.69 Å². The van der Waals surface area contributed by atoms with Gasteiger partial charge in [-0.2, -0.15) is 0 Å². The molecule has 0 amide bonds. The van der Waals surface area contributed by atoms with Gasteiger partial charge in [0.1, 0.15) is 17.2 Å². The fourth-order valence-electron chi connectivity index (χ4n) is 5.44. The van der Waals surface area contributed by atoms with Crippen LogP contribution in [-0.4, -0.2) is 26.8 Å². The van der Waals surface area contributed by atoms with E-state index < -0.39 is 0 Å². The van der Waals surface area contributed by atoms with Gasteiger partial charge >= 0.3 is 0 Å². The maximum Gasteiger partial charge on any atom is 0.174 e. The molecule has 4 heterocycles. The third-order valence-electron chi connectivity index (χ3n) is 7.53. The van der Waals surface area contributed by atoms with Crippen molar-refractivity contribution in [1.29, 1.82) is 0 Å². The molecule has 1 N–H and O–H groups in total. The van der Waals surface area contributed by atoms with Gasteiger partial charge in [-0.3, -0.25) is 9.97 Å². The first kappa shape index (κ1) is 26.5. The number of hydrogen-bond acceptors (Lipinski definition) is 5. The molecule has 41 heavy (non-hydrogen) atoms. The first-order valence-corrected chi connectivity index (χ1v) is 13.9. The molecule has 3 aromatic heterocycles. The van der Waals surface area contributed by atoms with Crippen molar-refractivity contribution in [1.82, 2.24) is 19.9 Å². The second-order valence-electron chi connectivity index (χ2n) is 10.0. The van der Waals surface area contributed by atoms with Crippen LogP contribution in [0, 0.1) is 13.8 Å². The Hall–Kier alpha value is -4.69. The molecule has 8 heteroatoms. The van der Waals surface area contributed by atoms with Crippen LogP contribution in [-0.2, 0) is 6.54 Å².